The highest BCUT2D eigenvalue weighted by Crippen LogP contribution is 2.33. The van der Waals surface area contributed by atoms with E-state index in [2.05, 4.69) is 31.3 Å². The number of hydrogen-bond acceptors (Lipinski definition) is 18. The Morgan fingerprint density at radius 2 is 0.744 bits per heavy atom. The molecule has 17 unspecified atom stereocenters. The maximum atomic E-state index is 13.4. The van der Waals surface area contributed by atoms with Crippen LogP contribution in [0.2, 0.25) is 0 Å². The zero-order chi connectivity index (χ0) is 62.6. The van der Waals surface area contributed by atoms with Crippen LogP contribution in [0.1, 0.15) is 264 Å². The summed E-state index contributed by atoms with van der Waals surface area (Å²) in [5.41, 5.74) is 0. The zero-order valence-electron chi connectivity index (χ0n) is 53.3. The highest BCUT2D eigenvalue weighted by Gasteiger charge is 2.53. The van der Waals surface area contributed by atoms with Gasteiger partial charge in [-0.25, -0.2) is 0 Å². The van der Waals surface area contributed by atoms with E-state index in [0.717, 1.165) is 38.5 Å². The summed E-state index contributed by atoms with van der Waals surface area (Å²) >= 11 is 0. The average Bonchev–Trinajstić information content (AvgIpc) is 3.17. The van der Waals surface area contributed by atoms with Crippen molar-refractivity contribution in [2.45, 2.75) is 369 Å². The number of amides is 1. The molecule has 19 nitrogen and oxygen atoms in total. The van der Waals surface area contributed by atoms with E-state index in [1.54, 1.807) is 6.08 Å². The van der Waals surface area contributed by atoms with Gasteiger partial charge < -0.3 is 89.9 Å². The molecule has 506 valence electrons. The topological polar surface area (TPSA) is 307 Å². The summed E-state index contributed by atoms with van der Waals surface area (Å²) in [4.78, 5) is 13.4. The predicted molar refractivity (Wildman–Crippen MR) is 333 cm³/mol. The van der Waals surface area contributed by atoms with Crippen LogP contribution in [0, 0.1) is 0 Å². The monoisotopic (exact) mass is 1230 g/mol. The molecule has 19 heteroatoms. The minimum absolute atomic E-state index is 0.241. The summed E-state index contributed by atoms with van der Waals surface area (Å²) < 4.78 is 34.3. The summed E-state index contributed by atoms with van der Waals surface area (Å²) in [5.74, 6) is -0.280. The van der Waals surface area contributed by atoms with Gasteiger partial charge in [-0.05, 0) is 32.1 Å². The van der Waals surface area contributed by atoms with Crippen molar-refractivity contribution in [1.29, 1.82) is 0 Å². The van der Waals surface area contributed by atoms with Crippen molar-refractivity contribution in [2.24, 2.45) is 0 Å². The van der Waals surface area contributed by atoms with E-state index in [9.17, 15) is 61.0 Å². The summed E-state index contributed by atoms with van der Waals surface area (Å²) in [5, 5.41) is 120. The summed E-state index contributed by atoms with van der Waals surface area (Å²) in [6.45, 7) is 1.75. The first kappa shape index (κ1) is 78.5. The summed E-state index contributed by atoms with van der Waals surface area (Å²) in [7, 11) is 0. The summed E-state index contributed by atoms with van der Waals surface area (Å²) in [6.07, 6.45) is 28.7. The molecule has 3 aliphatic heterocycles. The van der Waals surface area contributed by atoms with Crippen LogP contribution in [0.5, 0.6) is 0 Å². The van der Waals surface area contributed by atoms with E-state index in [1.165, 1.54) is 193 Å². The molecule has 3 rings (SSSR count). The highest BCUT2D eigenvalue weighted by molar-refractivity contribution is 5.76. The Kier molecular flexibility index (Phi) is 45.6. The molecule has 12 N–H and O–H groups in total. The average molecular weight is 1230 g/mol. The Morgan fingerprint density at radius 1 is 0.407 bits per heavy atom. The van der Waals surface area contributed by atoms with Crippen molar-refractivity contribution >= 4 is 5.91 Å². The summed E-state index contributed by atoms with van der Waals surface area (Å²) in [6, 6.07) is -0.986. The number of carbonyl (C=O) groups is 1. The molecule has 3 fully saturated rings. The van der Waals surface area contributed by atoms with Crippen LogP contribution in [-0.2, 0) is 33.2 Å². The van der Waals surface area contributed by atoms with Crippen LogP contribution in [0.3, 0.4) is 0 Å². The third-order valence-electron chi connectivity index (χ3n) is 17.5. The molecule has 1 amide bonds. The van der Waals surface area contributed by atoms with Gasteiger partial charge >= 0.3 is 0 Å². The lowest BCUT2D eigenvalue weighted by Crippen LogP contribution is -2.66. The second-order valence-corrected chi connectivity index (χ2v) is 25.0. The van der Waals surface area contributed by atoms with Gasteiger partial charge in [0.15, 0.2) is 18.9 Å². The Labute approximate surface area is 518 Å². The smallest absolute Gasteiger partial charge is 0.220 e. The highest BCUT2D eigenvalue weighted by atomic mass is 16.8. The van der Waals surface area contributed by atoms with Crippen LogP contribution >= 0.6 is 0 Å². The van der Waals surface area contributed by atoms with Crippen LogP contribution in [0.25, 0.3) is 0 Å². The van der Waals surface area contributed by atoms with Crippen LogP contribution in [0.15, 0.2) is 24.3 Å². The molecule has 3 heterocycles. The number of unbranched alkanes of at least 4 members (excludes halogenated alkanes) is 35. The fourth-order valence-electron chi connectivity index (χ4n) is 11.9. The lowest BCUT2D eigenvalue weighted by atomic mass is 9.96. The SMILES string of the molecule is CCCCCCCCCCCCCCCCC/C=C/CC/C=C/C(O)C(COC1OC(CO)C(OC2OC(CO)C(OC3OC(CO)C(O)C(O)C3O)C(O)C2O)C(O)C1O)NC(=O)CCCCCCCCCCCCCCCCCCCCCC. The van der Waals surface area contributed by atoms with E-state index in [1.807, 2.05) is 6.08 Å². The van der Waals surface area contributed by atoms with Crippen molar-refractivity contribution in [3.8, 4) is 0 Å². The Bertz CT molecular complexity index is 1660. The molecule has 3 aliphatic rings. The number of allylic oxidation sites excluding steroid dienone is 3. The van der Waals surface area contributed by atoms with Crippen molar-refractivity contribution in [1.82, 2.24) is 5.32 Å². The molecule has 0 aromatic rings. The molecule has 0 aromatic carbocycles. The second-order valence-electron chi connectivity index (χ2n) is 25.0. The molecule has 0 aliphatic carbocycles. The Morgan fingerprint density at radius 3 is 1.16 bits per heavy atom. The first-order valence-corrected chi connectivity index (χ1v) is 34.6. The van der Waals surface area contributed by atoms with Gasteiger partial charge in [0.25, 0.3) is 0 Å². The van der Waals surface area contributed by atoms with Gasteiger partial charge in [0.2, 0.25) is 5.91 Å². The lowest BCUT2D eigenvalue weighted by molar-refractivity contribution is -0.379. The van der Waals surface area contributed by atoms with Crippen molar-refractivity contribution < 1.29 is 89.4 Å². The van der Waals surface area contributed by atoms with Gasteiger partial charge in [-0.2, -0.15) is 0 Å². The normalized spacial score (nSPS) is 28.9. The Hall–Kier alpha value is -1.73. The predicted octanol–water partition coefficient (Wildman–Crippen LogP) is 8.66. The molecule has 0 spiro atoms. The van der Waals surface area contributed by atoms with E-state index in [4.69, 9.17) is 28.4 Å². The number of rotatable bonds is 53. The lowest BCUT2D eigenvalue weighted by Gasteiger charge is -2.48. The van der Waals surface area contributed by atoms with E-state index in [-0.39, 0.29) is 18.9 Å². The number of nitrogens with one attached hydrogen (secondary N) is 1. The fourth-order valence-corrected chi connectivity index (χ4v) is 11.9. The third kappa shape index (κ3) is 32.0. The zero-order valence-corrected chi connectivity index (χ0v) is 53.3. The van der Waals surface area contributed by atoms with E-state index < -0.39 is 124 Å². The number of carbonyl (C=O) groups excluding carboxylic acids is 1. The van der Waals surface area contributed by atoms with Gasteiger partial charge in [0, 0.05) is 6.42 Å². The molecule has 0 saturated carbocycles. The largest absolute Gasteiger partial charge is 0.394 e. The fraction of sp³-hybridized carbons (Fsp3) is 0.925. The Balaban J connectivity index is 1.46. The second kappa shape index (κ2) is 49.9. The van der Waals surface area contributed by atoms with Crippen LogP contribution < -0.4 is 5.32 Å². The van der Waals surface area contributed by atoms with Gasteiger partial charge in [0.05, 0.1) is 38.6 Å². The number of aliphatic hydroxyl groups is 11. The van der Waals surface area contributed by atoms with Crippen molar-refractivity contribution in [2.75, 3.05) is 26.4 Å². The van der Waals surface area contributed by atoms with Crippen LogP contribution in [-0.4, -0.2) is 193 Å². The van der Waals surface area contributed by atoms with Gasteiger partial charge in [-0.3, -0.25) is 4.79 Å². The van der Waals surface area contributed by atoms with E-state index >= 15 is 0 Å². The molecule has 0 radical (unpaired) electrons. The molecule has 17 atom stereocenters. The van der Waals surface area contributed by atoms with Gasteiger partial charge in [-0.1, -0.05) is 250 Å². The minimum atomic E-state index is -1.98. The maximum absolute atomic E-state index is 13.4. The standard InChI is InChI=1S/C67H125NO18/c1-3-5-7-9-11-13-15-17-19-21-23-25-26-28-30-32-34-36-38-40-42-44-51(72)50(68-55(73)45-43-41-39-37-35-33-31-29-27-24-22-20-18-16-14-12-10-8-6-4-2)49-81-65-61(79)58(76)63(53(47-70)83-65)86-67-62(80)59(77)64(54(48-71)84-67)85-66-60(78)57(75)56(74)52(46-69)82-66/h34,36,42,44,50-54,56-67,69-72,74-80H,3-33,35,37-41,43,45-49H2,1-2H3,(H,68,73)/b36-34+,44-42+. The van der Waals surface area contributed by atoms with Crippen molar-refractivity contribution in [3.05, 3.63) is 24.3 Å². The maximum Gasteiger partial charge on any atom is 0.220 e. The molecular formula is C67H125NO18. The first-order valence-electron chi connectivity index (χ1n) is 34.6. The quantitative estimate of drug-likeness (QED) is 0.0200. The number of ether oxygens (including phenoxy) is 6. The third-order valence-corrected chi connectivity index (χ3v) is 17.5. The molecule has 86 heavy (non-hydrogen) atoms. The van der Waals surface area contributed by atoms with Crippen molar-refractivity contribution in [3.63, 3.8) is 0 Å². The minimum Gasteiger partial charge on any atom is -0.394 e. The van der Waals surface area contributed by atoms with Crippen LogP contribution in [0.4, 0.5) is 0 Å². The number of aliphatic hydroxyl groups excluding tert-OH is 11. The van der Waals surface area contributed by atoms with E-state index in [0.29, 0.717) is 12.8 Å². The number of hydrogen-bond donors (Lipinski definition) is 12. The first-order chi connectivity index (χ1) is 41.8. The molecule has 3 saturated heterocycles. The van der Waals surface area contributed by atoms with Gasteiger partial charge in [-0.15, -0.1) is 0 Å². The molecule has 0 aromatic heterocycles. The molecular weight excluding hydrogens is 1110 g/mol. The molecule has 0 bridgehead atoms. The van der Waals surface area contributed by atoms with Gasteiger partial charge in [0.1, 0.15) is 73.2 Å².